The topological polar surface area (TPSA) is 122 Å². The van der Waals surface area contributed by atoms with Crippen LogP contribution in [-0.2, 0) is 11.2 Å². The van der Waals surface area contributed by atoms with Crippen LogP contribution in [0.25, 0.3) is 0 Å². The minimum atomic E-state index is -1.20. The number of carbonyl (C=O) groups excluding carboxylic acids is 1. The summed E-state index contributed by atoms with van der Waals surface area (Å²) >= 11 is 1.32. The van der Waals surface area contributed by atoms with Gasteiger partial charge >= 0.3 is 13.1 Å². The van der Waals surface area contributed by atoms with Crippen LogP contribution in [0.15, 0.2) is 12.1 Å². The number of benzene rings is 1. The monoisotopic (exact) mass is 394 g/mol. The average molecular weight is 394 g/mol. The lowest BCUT2D eigenvalue weighted by atomic mass is 9.77. The van der Waals surface area contributed by atoms with E-state index in [0.717, 1.165) is 13.0 Å². The van der Waals surface area contributed by atoms with Gasteiger partial charge in [-0.3, -0.25) is 4.79 Å². The van der Waals surface area contributed by atoms with Crippen LogP contribution < -0.4 is 15.1 Å². The highest BCUT2D eigenvalue weighted by Gasteiger charge is 2.39. The molecule has 0 spiro atoms. The van der Waals surface area contributed by atoms with Gasteiger partial charge in [0.25, 0.3) is 0 Å². The van der Waals surface area contributed by atoms with Crippen molar-refractivity contribution in [1.82, 2.24) is 4.90 Å². The van der Waals surface area contributed by atoms with Gasteiger partial charge in [-0.1, -0.05) is 6.07 Å². The van der Waals surface area contributed by atoms with Gasteiger partial charge in [-0.25, -0.2) is 4.79 Å². The summed E-state index contributed by atoms with van der Waals surface area (Å²) in [6, 6.07) is 3.31. The molecule has 0 aliphatic carbocycles. The Morgan fingerprint density at radius 1 is 1.48 bits per heavy atom. The zero-order valence-electron chi connectivity index (χ0n) is 15.1. The Hall–Kier alpha value is -1.91. The van der Waals surface area contributed by atoms with E-state index < -0.39 is 13.1 Å². The Bertz CT molecular complexity index is 734. The maximum absolute atomic E-state index is 12.4. The number of likely N-dealkylation sites (tertiary alicyclic amines) is 1. The predicted molar refractivity (Wildman–Crippen MR) is 102 cm³/mol. The fourth-order valence-electron chi connectivity index (χ4n) is 3.45. The second-order valence-corrected chi connectivity index (χ2v) is 7.96. The van der Waals surface area contributed by atoms with Gasteiger partial charge in [-0.2, -0.15) is 0 Å². The van der Waals surface area contributed by atoms with E-state index in [9.17, 15) is 19.7 Å². The van der Waals surface area contributed by atoms with E-state index in [1.807, 2.05) is 4.90 Å². The first-order chi connectivity index (χ1) is 12.9. The number of carboxylic acids is 1. The summed E-state index contributed by atoms with van der Waals surface area (Å²) in [5, 5.41) is 19.4. The molecule has 2 atom stereocenters. The number of ether oxygens (including phenoxy) is 1. The summed E-state index contributed by atoms with van der Waals surface area (Å²) in [6.07, 6.45) is 1.33. The number of amides is 1. The van der Waals surface area contributed by atoms with Crippen LogP contribution in [0.1, 0.15) is 22.3 Å². The number of hydrogen-bond acceptors (Lipinski definition) is 7. The van der Waals surface area contributed by atoms with E-state index in [1.165, 1.54) is 18.9 Å². The van der Waals surface area contributed by atoms with Crippen LogP contribution in [0.5, 0.6) is 11.5 Å². The molecule has 2 unspecified atom stereocenters. The number of aromatic carboxylic acids is 1. The summed E-state index contributed by atoms with van der Waals surface area (Å²) in [5.74, 6) is -0.255. The summed E-state index contributed by atoms with van der Waals surface area (Å²) in [6.45, 7) is 1.98. The van der Waals surface area contributed by atoms with Crippen LogP contribution in [0.2, 0.25) is 0 Å². The number of carbonyl (C=O) groups is 2. The van der Waals surface area contributed by atoms with Crippen molar-refractivity contribution in [3.8, 4) is 11.5 Å². The second kappa shape index (κ2) is 8.41. The number of nitrogens with two attached hydrogens (primary N) is 1. The Kier molecular flexibility index (Phi) is 6.18. The summed E-state index contributed by atoms with van der Waals surface area (Å²) in [5.41, 5.74) is 6.24. The quantitative estimate of drug-likeness (QED) is 0.588. The fraction of sp³-hybridized carbons (Fsp3) is 0.529. The Morgan fingerprint density at radius 2 is 2.26 bits per heavy atom. The lowest BCUT2D eigenvalue weighted by Gasteiger charge is -2.29. The van der Waals surface area contributed by atoms with E-state index in [4.69, 9.17) is 15.1 Å². The molecule has 2 aliphatic heterocycles. The van der Waals surface area contributed by atoms with Crippen LogP contribution in [0.4, 0.5) is 0 Å². The highest BCUT2D eigenvalue weighted by Crippen LogP contribution is 2.38. The van der Waals surface area contributed by atoms with Crippen molar-refractivity contribution < 1.29 is 29.1 Å². The molecule has 0 bridgehead atoms. The molecule has 1 aromatic carbocycles. The Labute approximate surface area is 162 Å². The predicted octanol–water partition coefficient (Wildman–Crippen LogP) is 0.257. The van der Waals surface area contributed by atoms with Crippen LogP contribution >= 0.6 is 11.8 Å². The minimum Gasteiger partial charge on any atom is -0.534 e. The largest absolute Gasteiger partial charge is 0.536 e. The molecular formula is C17H23BN2O6S. The van der Waals surface area contributed by atoms with Gasteiger partial charge in [0.15, 0.2) is 0 Å². The smallest absolute Gasteiger partial charge is 0.534 e. The molecule has 27 heavy (non-hydrogen) atoms. The number of hydrogen-bond donors (Lipinski definition) is 3. The normalized spacial score (nSPS) is 21.6. The highest BCUT2D eigenvalue weighted by molar-refractivity contribution is 8.01. The average Bonchev–Trinajstić information content (AvgIpc) is 3.14. The summed E-state index contributed by atoms with van der Waals surface area (Å²) in [4.78, 5) is 25.7. The van der Waals surface area contributed by atoms with E-state index >= 15 is 0 Å². The molecule has 10 heteroatoms. The third-order valence-electron chi connectivity index (χ3n) is 5.01. The number of nitrogens with zero attached hydrogens (tertiary/aromatic N) is 1. The van der Waals surface area contributed by atoms with E-state index in [0.29, 0.717) is 31.0 Å². The lowest BCUT2D eigenvalue weighted by molar-refractivity contribution is -0.127. The first-order valence-electron chi connectivity index (χ1n) is 8.82. The molecular weight excluding hydrogens is 371 g/mol. The molecule has 1 saturated heterocycles. The molecule has 1 amide bonds. The fourth-order valence-corrected chi connectivity index (χ4v) is 4.51. The van der Waals surface area contributed by atoms with Crippen molar-refractivity contribution in [2.45, 2.75) is 18.0 Å². The molecule has 0 aromatic heterocycles. The van der Waals surface area contributed by atoms with Gasteiger partial charge in [0, 0.05) is 13.1 Å². The molecule has 1 aromatic rings. The van der Waals surface area contributed by atoms with Gasteiger partial charge in [-0.05, 0) is 36.9 Å². The van der Waals surface area contributed by atoms with Gasteiger partial charge in [-0.15, -0.1) is 11.8 Å². The zero-order chi connectivity index (χ0) is 19.6. The SMILES string of the molecule is COc1ccc2c(c1C(=O)O)OB(O)C(SCC(=O)N1CCC(CN)C1)C2. The van der Waals surface area contributed by atoms with Crippen molar-refractivity contribution >= 4 is 30.8 Å². The molecule has 1 fully saturated rings. The van der Waals surface area contributed by atoms with Gasteiger partial charge < -0.3 is 30.2 Å². The van der Waals surface area contributed by atoms with Crippen LogP contribution in [0.3, 0.4) is 0 Å². The van der Waals surface area contributed by atoms with Crippen molar-refractivity contribution in [2.24, 2.45) is 11.7 Å². The lowest BCUT2D eigenvalue weighted by Crippen LogP contribution is -2.42. The molecule has 2 aliphatic rings. The van der Waals surface area contributed by atoms with Crippen molar-refractivity contribution in [2.75, 3.05) is 32.5 Å². The molecule has 4 N–H and O–H groups in total. The molecule has 0 saturated carbocycles. The number of fused-ring (bicyclic) bond motifs is 1. The maximum Gasteiger partial charge on any atom is 0.536 e. The first-order valence-corrected chi connectivity index (χ1v) is 9.86. The maximum atomic E-state index is 12.4. The third-order valence-corrected chi connectivity index (χ3v) is 6.25. The minimum absolute atomic E-state index is 0.0231. The third kappa shape index (κ3) is 4.17. The van der Waals surface area contributed by atoms with Crippen LogP contribution in [0, 0.1) is 5.92 Å². The molecule has 2 heterocycles. The number of thioether (sulfide) groups is 1. The molecule has 3 rings (SSSR count). The Morgan fingerprint density at radius 3 is 2.89 bits per heavy atom. The zero-order valence-corrected chi connectivity index (χ0v) is 15.9. The summed E-state index contributed by atoms with van der Waals surface area (Å²) < 4.78 is 10.6. The molecule has 146 valence electrons. The number of carboxylic acid groups (broad SMARTS) is 1. The van der Waals surface area contributed by atoms with E-state index in [1.54, 1.807) is 12.1 Å². The molecule has 8 nitrogen and oxygen atoms in total. The standard InChI is InChI=1S/C17H23BN2O6S/c1-25-12-3-2-11-6-13(18(24)26-16(11)15(12)17(22)23)27-9-14(21)20-5-4-10(7-19)8-20/h2-3,10,13,24H,4-9,19H2,1H3,(H,22,23). The van der Waals surface area contributed by atoms with Crippen molar-refractivity contribution in [1.29, 1.82) is 0 Å². The van der Waals surface area contributed by atoms with E-state index in [-0.39, 0.29) is 33.9 Å². The van der Waals surface area contributed by atoms with Crippen LogP contribution in [-0.4, -0.2) is 71.7 Å². The van der Waals surface area contributed by atoms with Gasteiger partial charge in [0.05, 0.1) is 18.0 Å². The van der Waals surface area contributed by atoms with Gasteiger partial charge in [0.1, 0.15) is 17.1 Å². The highest BCUT2D eigenvalue weighted by atomic mass is 32.2. The van der Waals surface area contributed by atoms with Gasteiger partial charge in [0.2, 0.25) is 5.91 Å². The molecule has 0 radical (unpaired) electrons. The second-order valence-electron chi connectivity index (χ2n) is 6.73. The van der Waals surface area contributed by atoms with E-state index in [2.05, 4.69) is 0 Å². The van der Waals surface area contributed by atoms with Crippen molar-refractivity contribution in [3.05, 3.63) is 23.3 Å². The first kappa shape index (κ1) is 19.8. The Balaban J connectivity index is 1.66. The summed E-state index contributed by atoms with van der Waals surface area (Å²) in [7, 11) is 0.182. The number of rotatable bonds is 6. The number of methoxy groups -OCH3 is 1. The van der Waals surface area contributed by atoms with Crippen molar-refractivity contribution in [3.63, 3.8) is 0 Å².